The molecule has 1 aromatic rings. The lowest BCUT2D eigenvalue weighted by Crippen LogP contribution is -2.45. The summed E-state index contributed by atoms with van der Waals surface area (Å²) in [5.41, 5.74) is 0.941. The smallest absolute Gasteiger partial charge is 0.407 e. The highest BCUT2D eigenvalue weighted by atomic mass is 16.5. The van der Waals surface area contributed by atoms with Crippen molar-refractivity contribution in [1.82, 2.24) is 15.5 Å². The van der Waals surface area contributed by atoms with Gasteiger partial charge in [0, 0.05) is 26.2 Å². The minimum absolute atomic E-state index is 0.0563. The monoisotopic (exact) mass is 305 g/mol. The molecular weight excluding hydrogens is 282 g/mol. The van der Waals surface area contributed by atoms with Crippen molar-refractivity contribution in [2.45, 2.75) is 25.9 Å². The lowest BCUT2D eigenvalue weighted by atomic mass is 10.1. The minimum atomic E-state index is -0.476. The molecule has 6 nitrogen and oxygen atoms in total. The lowest BCUT2D eigenvalue weighted by molar-refractivity contribution is 0.139. The summed E-state index contributed by atoms with van der Waals surface area (Å²) in [4.78, 5) is 25.1. The topological polar surface area (TPSA) is 70.7 Å². The van der Waals surface area contributed by atoms with Gasteiger partial charge in [-0.1, -0.05) is 30.3 Å². The number of carbonyl (C=O) groups excluding carboxylic acids is 2. The molecule has 0 aliphatic carbocycles. The molecule has 0 saturated carbocycles. The van der Waals surface area contributed by atoms with Crippen LogP contribution in [0.2, 0.25) is 0 Å². The van der Waals surface area contributed by atoms with Crippen LogP contribution in [-0.4, -0.2) is 43.2 Å². The first-order chi connectivity index (χ1) is 10.8. The second-order valence-corrected chi connectivity index (χ2v) is 5.27. The van der Waals surface area contributed by atoms with Crippen molar-refractivity contribution in [1.29, 1.82) is 0 Å². The Balaban J connectivity index is 1.54. The first-order valence-electron chi connectivity index (χ1n) is 7.73. The van der Waals surface area contributed by atoms with E-state index in [1.807, 2.05) is 35.2 Å². The Morgan fingerprint density at radius 2 is 1.68 bits per heavy atom. The standard InChI is InChI=1S/C16H23N3O3/c20-15(19-11-5-2-6-12-19)17-9-10-18-16(21)22-13-14-7-3-1-4-8-14/h1,3-4,7-8H,2,5-6,9-13H2,(H,17,20)(H,18,21). The second-order valence-electron chi connectivity index (χ2n) is 5.27. The highest BCUT2D eigenvalue weighted by molar-refractivity contribution is 5.74. The molecule has 1 saturated heterocycles. The van der Waals surface area contributed by atoms with Gasteiger partial charge in [-0.3, -0.25) is 0 Å². The Hall–Kier alpha value is -2.24. The van der Waals surface area contributed by atoms with Gasteiger partial charge < -0.3 is 20.3 Å². The fourth-order valence-electron chi connectivity index (χ4n) is 2.32. The Labute approximate surface area is 130 Å². The number of hydrogen-bond donors (Lipinski definition) is 2. The molecule has 1 heterocycles. The summed E-state index contributed by atoms with van der Waals surface area (Å²) in [7, 11) is 0. The first-order valence-corrected chi connectivity index (χ1v) is 7.73. The van der Waals surface area contributed by atoms with Crippen LogP contribution in [-0.2, 0) is 11.3 Å². The van der Waals surface area contributed by atoms with Crippen molar-refractivity contribution in [2.75, 3.05) is 26.2 Å². The van der Waals surface area contributed by atoms with Gasteiger partial charge in [0.1, 0.15) is 6.61 Å². The maximum atomic E-state index is 11.8. The lowest BCUT2D eigenvalue weighted by Gasteiger charge is -2.26. The number of hydrogen-bond acceptors (Lipinski definition) is 3. The third-order valence-corrected chi connectivity index (χ3v) is 3.53. The molecule has 120 valence electrons. The summed E-state index contributed by atoms with van der Waals surface area (Å²) in [5.74, 6) is 0. The zero-order chi connectivity index (χ0) is 15.6. The summed E-state index contributed by atoms with van der Waals surface area (Å²) < 4.78 is 5.08. The number of rotatable bonds is 5. The molecule has 22 heavy (non-hydrogen) atoms. The van der Waals surface area contributed by atoms with Crippen LogP contribution in [0.25, 0.3) is 0 Å². The quantitative estimate of drug-likeness (QED) is 0.819. The number of nitrogens with zero attached hydrogens (tertiary/aromatic N) is 1. The first kappa shape index (κ1) is 16.1. The summed E-state index contributed by atoms with van der Waals surface area (Å²) in [5, 5.41) is 5.42. The fourth-order valence-corrected chi connectivity index (χ4v) is 2.32. The van der Waals surface area contributed by atoms with Gasteiger partial charge in [0.05, 0.1) is 0 Å². The van der Waals surface area contributed by atoms with Crippen LogP contribution in [0.4, 0.5) is 9.59 Å². The van der Waals surface area contributed by atoms with Gasteiger partial charge in [0.25, 0.3) is 0 Å². The SMILES string of the molecule is O=C(NCCNC(=O)N1CCCCC1)OCc1ccccc1. The van der Waals surface area contributed by atoms with E-state index in [1.54, 1.807) is 0 Å². The van der Waals surface area contributed by atoms with Crippen LogP contribution in [0.3, 0.4) is 0 Å². The maximum Gasteiger partial charge on any atom is 0.407 e. The van der Waals surface area contributed by atoms with Crippen molar-refractivity contribution in [2.24, 2.45) is 0 Å². The minimum Gasteiger partial charge on any atom is -0.445 e. The van der Waals surface area contributed by atoms with Crippen LogP contribution in [0, 0.1) is 0 Å². The van der Waals surface area contributed by atoms with Gasteiger partial charge in [0.2, 0.25) is 0 Å². The highest BCUT2D eigenvalue weighted by Gasteiger charge is 2.15. The van der Waals surface area contributed by atoms with Gasteiger partial charge in [-0.15, -0.1) is 0 Å². The van der Waals surface area contributed by atoms with Crippen molar-refractivity contribution >= 4 is 12.1 Å². The van der Waals surface area contributed by atoms with E-state index in [9.17, 15) is 9.59 Å². The molecular formula is C16H23N3O3. The van der Waals surface area contributed by atoms with Crippen LogP contribution in [0.15, 0.2) is 30.3 Å². The van der Waals surface area contributed by atoms with Gasteiger partial charge in [0.15, 0.2) is 0 Å². The number of likely N-dealkylation sites (tertiary alicyclic amines) is 1. The summed E-state index contributed by atoms with van der Waals surface area (Å²) >= 11 is 0. The third kappa shape index (κ3) is 5.63. The van der Waals surface area contributed by atoms with E-state index in [0.717, 1.165) is 31.5 Å². The summed E-state index contributed by atoms with van der Waals surface area (Å²) in [6.07, 6.45) is 2.85. The zero-order valence-corrected chi connectivity index (χ0v) is 12.7. The number of ether oxygens (including phenoxy) is 1. The van der Waals surface area contributed by atoms with Crippen LogP contribution >= 0.6 is 0 Å². The van der Waals surface area contributed by atoms with E-state index in [2.05, 4.69) is 10.6 Å². The largest absolute Gasteiger partial charge is 0.445 e. The van der Waals surface area contributed by atoms with Gasteiger partial charge in [-0.2, -0.15) is 0 Å². The molecule has 1 fully saturated rings. The molecule has 1 aromatic carbocycles. The Morgan fingerprint density at radius 3 is 2.41 bits per heavy atom. The van der Waals surface area contributed by atoms with E-state index in [1.165, 1.54) is 6.42 Å². The van der Waals surface area contributed by atoms with Crippen LogP contribution in [0.1, 0.15) is 24.8 Å². The van der Waals surface area contributed by atoms with Crippen molar-refractivity contribution < 1.29 is 14.3 Å². The fraction of sp³-hybridized carbons (Fsp3) is 0.500. The molecule has 1 aliphatic heterocycles. The van der Waals surface area contributed by atoms with Crippen LogP contribution < -0.4 is 10.6 Å². The summed E-state index contributed by atoms with van der Waals surface area (Å²) in [6.45, 7) is 2.63. The Kier molecular flexibility index (Phi) is 6.54. The Bertz CT molecular complexity index is 473. The predicted molar refractivity (Wildman–Crippen MR) is 83.5 cm³/mol. The summed E-state index contributed by atoms with van der Waals surface area (Å²) in [6, 6.07) is 9.44. The number of nitrogens with one attached hydrogen (secondary N) is 2. The van der Waals surface area contributed by atoms with Gasteiger partial charge >= 0.3 is 12.1 Å². The van der Waals surface area contributed by atoms with Crippen molar-refractivity contribution in [3.8, 4) is 0 Å². The van der Waals surface area contributed by atoms with E-state index in [0.29, 0.717) is 13.1 Å². The normalized spacial score (nSPS) is 14.3. The number of benzene rings is 1. The maximum absolute atomic E-state index is 11.8. The molecule has 2 N–H and O–H groups in total. The zero-order valence-electron chi connectivity index (χ0n) is 12.7. The number of alkyl carbamates (subject to hydrolysis) is 1. The average molecular weight is 305 g/mol. The number of carbonyl (C=O) groups is 2. The Morgan fingerprint density at radius 1 is 1.00 bits per heavy atom. The van der Waals surface area contributed by atoms with Crippen LogP contribution in [0.5, 0.6) is 0 Å². The van der Waals surface area contributed by atoms with Crippen molar-refractivity contribution in [3.05, 3.63) is 35.9 Å². The predicted octanol–water partition coefficient (Wildman–Crippen LogP) is 2.11. The molecule has 0 aromatic heterocycles. The number of piperidine rings is 1. The average Bonchev–Trinajstić information content (AvgIpc) is 2.58. The molecule has 0 unspecified atom stereocenters. The molecule has 0 bridgehead atoms. The molecule has 0 atom stereocenters. The molecule has 1 aliphatic rings. The molecule has 6 heteroatoms. The third-order valence-electron chi connectivity index (χ3n) is 3.53. The molecule has 0 spiro atoms. The van der Waals surface area contributed by atoms with Gasteiger partial charge in [-0.25, -0.2) is 9.59 Å². The highest BCUT2D eigenvalue weighted by Crippen LogP contribution is 2.08. The van der Waals surface area contributed by atoms with E-state index in [-0.39, 0.29) is 12.6 Å². The molecule has 2 rings (SSSR count). The molecule has 3 amide bonds. The number of amides is 3. The van der Waals surface area contributed by atoms with Gasteiger partial charge in [-0.05, 0) is 24.8 Å². The second kappa shape index (κ2) is 8.92. The van der Waals surface area contributed by atoms with Crippen molar-refractivity contribution in [3.63, 3.8) is 0 Å². The molecule has 0 radical (unpaired) electrons. The number of urea groups is 1. The van der Waals surface area contributed by atoms with E-state index in [4.69, 9.17) is 4.74 Å². The van der Waals surface area contributed by atoms with E-state index >= 15 is 0 Å². The van der Waals surface area contributed by atoms with E-state index < -0.39 is 6.09 Å².